The third kappa shape index (κ3) is 3.24. The van der Waals surface area contributed by atoms with Gasteiger partial charge in [-0.15, -0.1) is 11.3 Å². The highest BCUT2D eigenvalue weighted by Gasteiger charge is 2.17. The number of carbonyl (C=O) groups is 2. The molecule has 2 heterocycles. The number of furan rings is 1. The number of carbonyl (C=O) groups excluding carboxylic acids is 2. The second-order valence-electron chi connectivity index (χ2n) is 3.98. The van der Waals surface area contributed by atoms with E-state index in [1.165, 1.54) is 18.4 Å². The summed E-state index contributed by atoms with van der Waals surface area (Å²) in [7, 11) is 1.31. The SMILES string of the molecule is COC(=O)CCNC(=O)c1nc(-c2ccco2)sc1C. The quantitative estimate of drug-likeness (QED) is 0.853. The largest absolute Gasteiger partial charge is 0.469 e. The Hall–Kier alpha value is -2.15. The van der Waals surface area contributed by atoms with E-state index in [0.29, 0.717) is 16.5 Å². The average molecular weight is 294 g/mol. The highest BCUT2D eigenvalue weighted by atomic mass is 32.1. The highest BCUT2D eigenvalue weighted by molar-refractivity contribution is 7.15. The first kappa shape index (κ1) is 14.3. The molecule has 0 aliphatic heterocycles. The lowest BCUT2D eigenvalue weighted by Gasteiger charge is -2.02. The van der Waals surface area contributed by atoms with E-state index in [4.69, 9.17) is 4.42 Å². The van der Waals surface area contributed by atoms with Crippen molar-refractivity contribution in [2.24, 2.45) is 0 Å². The molecule has 0 radical (unpaired) electrons. The summed E-state index contributed by atoms with van der Waals surface area (Å²) in [6.07, 6.45) is 1.69. The first-order valence-corrected chi connectivity index (χ1v) is 6.79. The second kappa shape index (κ2) is 6.33. The zero-order valence-electron chi connectivity index (χ0n) is 11.1. The van der Waals surface area contributed by atoms with E-state index < -0.39 is 0 Å². The molecule has 1 N–H and O–H groups in total. The van der Waals surface area contributed by atoms with Gasteiger partial charge < -0.3 is 14.5 Å². The Balaban J connectivity index is 2.02. The first-order chi connectivity index (χ1) is 9.61. The number of aryl methyl sites for hydroxylation is 1. The summed E-state index contributed by atoms with van der Waals surface area (Å²) in [6, 6.07) is 3.55. The zero-order valence-corrected chi connectivity index (χ0v) is 12.0. The summed E-state index contributed by atoms with van der Waals surface area (Å²) in [5.74, 6) is -0.0382. The zero-order chi connectivity index (χ0) is 14.5. The van der Waals surface area contributed by atoms with E-state index in [1.54, 1.807) is 18.4 Å². The van der Waals surface area contributed by atoms with Crippen molar-refractivity contribution in [3.8, 4) is 10.8 Å². The summed E-state index contributed by atoms with van der Waals surface area (Å²) in [5, 5.41) is 3.30. The Kier molecular flexibility index (Phi) is 4.52. The van der Waals surface area contributed by atoms with Crippen molar-refractivity contribution in [2.75, 3.05) is 13.7 Å². The molecule has 0 aliphatic carbocycles. The normalized spacial score (nSPS) is 10.3. The molecule has 2 aromatic heterocycles. The van der Waals surface area contributed by atoms with E-state index in [9.17, 15) is 9.59 Å². The van der Waals surface area contributed by atoms with Gasteiger partial charge in [0.2, 0.25) is 0 Å². The molecule has 0 bridgehead atoms. The van der Waals surface area contributed by atoms with Crippen LogP contribution in [0.4, 0.5) is 0 Å². The maximum atomic E-state index is 12.0. The monoisotopic (exact) mass is 294 g/mol. The van der Waals surface area contributed by atoms with Crippen molar-refractivity contribution < 1.29 is 18.7 Å². The van der Waals surface area contributed by atoms with Crippen LogP contribution in [-0.4, -0.2) is 30.5 Å². The molecule has 2 aromatic rings. The fraction of sp³-hybridized carbons (Fsp3) is 0.308. The Labute approximate surface area is 119 Å². The number of nitrogens with zero attached hydrogens (tertiary/aromatic N) is 1. The van der Waals surface area contributed by atoms with Gasteiger partial charge in [0.1, 0.15) is 5.69 Å². The predicted octanol–water partition coefficient (Wildman–Crippen LogP) is 2.00. The van der Waals surface area contributed by atoms with Crippen molar-refractivity contribution in [3.05, 3.63) is 29.0 Å². The molecule has 0 atom stereocenters. The molecular formula is C13H14N2O4S. The Bertz CT molecular complexity index is 604. The lowest BCUT2D eigenvalue weighted by molar-refractivity contribution is -0.140. The number of nitrogens with one attached hydrogen (secondary N) is 1. The standard InChI is InChI=1S/C13H14N2O4S/c1-8-11(12(17)14-6-5-10(16)18-2)15-13(20-8)9-4-3-7-19-9/h3-4,7H,5-6H2,1-2H3,(H,14,17). The number of rotatable bonds is 5. The number of hydrogen-bond donors (Lipinski definition) is 1. The highest BCUT2D eigenvalue weighted by Crippen LogP contribution is 2.27. The van der Waals surface area contributed by atoms with Gasteiger partial charge in [-0.05, 0) is 19.1 Å². The molecule has 0 saturated carbocycles. The van der Waals surface area contributed by atoms with Crippen LogP contribution in [0, 0.1) is 6.92 Å². The van der Waals surface area contributed by atoms with Crippen LogP contribution in [0.2, 0.25) is 0 Å². The maximum Gasteiger partial charge on any atom is 0.307 e. The summed E-state index contributed by atoms with van der Waals surface area (Å²) in [5.41, 5.74) is 0.353. The summed E-state index contributed by atoms with van der Waals surface area (Å²) < 4.78 is 9.75. The van der Waals surface area contributed by atoms with Crippen LogP contribution in [-0.2, 0) is 9.53 Å². The van der Waals surface area contributed by atoms with E-state index in [2.05, 4.69) is 15.0 Å². The molecule has 0 spiro atoms. The molecule has 0 aliphatic rings. The summed E-state index contributed by atoms with van der Waals surface area (Å²) in [6.45, 7) is 2.04. The average Bonchev–Trinajstić information content (AvgIpc) is 3.07. The second-order valence-corrected chi connectivity index (χ2v) is 5.19. The van der Waals surface area contributed by atoms with Gasteiger partial charge in [0, 0.05) is 11.4 Å². The maximum absolute atomic E-state index is 12.0. The minimum absolute atomic E-state index is 0.135. The molecule has 2 rings (SSSR count). The molecule has 0 fully saturated rings. The van der Waals surface area contributed by atoms with Crippen molar-refractivity contribution >= 4 is 23.2 Å². The molecule has 0 saturated heterocycles. The van der Waals surface area contributed by atoms with Crippen LogP contribution >= 0.6 is 11.3 Å². The van der Waals surface area contributed by atoms with Gasteiger partial charge in [-0.2, -0.15) is 0 Å². The van der Waals surface area contributed by atoms with Crippen LogP contribution in [0.25, 0.3) is 10.8 Å². The molecule has 20 heavy (non-hydrogen) atoms. The number of aromatic nitrogens is 1. The van der Waals surface area contributed by atoms with Crippen LogP contribution < -0.4 is 5.32 Å². The predicted molar refractivity (Wildman–Crippen MR) is 73.5 cm³/mol. The molecular weight excluding hydrogens is 280 g/mol. The topological polar surface area (TPSA) is 81.4 Å². The van der Waals surface area contributed by atoms with Gasteiger partial charge in [0.05, 0.1) is 19.8 Å². The number of ether oxygens (including phenoxy) is 1. The van der Waals surface area contributed by atoms with Gasteiger partial charge in [-0.25, -0.2) is 4.98 Å². The van der Waals surface area contributed by atoms with Crippen LogP contribution in [0.3, 0.4) is 0 Å². The van der Waals surface area contributed by atoms with E-state index in [-0.39, 0.29) is 24.8 Å². The lowest BCUT2D eigenvalue weighted by atomic mass is 10.3. The third-order valence-corrected chi connectivity index (χ3v) is 3.57. The minimum atomic E-state index is -0.364. The fourth-order valence-corrected chi connectivity index (χ4v) is 2.46. The summed E-state index contributed by atoms with van der Waals surface area (Å²) >= 11 is 1.39. The van der Waals surface area contributed by atoms with Crippen molar-refractivity contribution in [3.63, 3.8) is 0 Å². The number of amides is 1. The molecule has 0 unspecified atom stereocenters. The first-order valence-electron chi connectivity index (χ1n) is 5.98. The van der Waals surface area contributed by atoms with E-state index >= 15 is 0 Å². The Morgan fingerprint density at radius 1 is 1.50 bits per heavy atom. The van der Waals surface area contributed by atoms with Crippen LogP contribution in [0.1, 0.15) is 21.8 Å². The number of hydrogen-bond acceptors (Lipinski definition) is 6. The Morgan fingerprint density at radius 2 is 2.30 bits per heavy atom. The smallest absolute Gasteiger partial charge is 0.307 e. The van der Waals surface area contributed by atoms with Gasteiger partial charge in [-0.1, -0.05) is 0 Å². The molecule has 106 valence electrons. The van der Waals surface area contributed by atoms with E-state index in [1.807, 2.05) is 6.92 Å². The lowest BCUT2D eigenvalue weighted by Crippen LogP contribution is -2.27. The number of thiazole rings is 1. The third-order valence-electron chi connectivity index (χ3n) is 2.59. The summed E-state index contributed by atoms with van der Waals surface area (Å²) in [4.78, 5) is 28.0. The van der Waals surface area contributed by atoms with Crippen molar-refractivity contribution in [1.82, 2.24) is 10.3 Å². The van der Waals surface area contributed by atoms with Gasteiger partial charge in [-0.3, -0.25) is 9.59 Å². The van der Waals surface area contributed by atoms with Gasteiger partial charge >= 0.3 is 5.97 Å². The fourth-order valence-electron chi connectivity index (χ4n) is 1.58. The molecule has 7 heteroatoms. The number of esters is 1. The van der Waals surface area contributed by atoms with Gasteiger partial charge in [0.15, 0.2) is 10.8 Å². The minimum Gasteiger partial charge on any atom is -0.469 e. The van der Waals surface area contributed by atoms with Gasteiger partial charge in [0.25, 0.3) is 5.91 Å². The van der Waals surface area contributed by atoms with E-state index in [0.717, 1.165) is 4.88 Å². The van der Waals surface area contributed by atoms with Crippen LogP contribution in [0.15, 0.2) is 22.8 Å². The molecule has 1 amide bonds. The number of methoxy groups -OCH3 is 1. The molecule has 0 aromatic carbocycles. The molecule has 6 nitrogen and oxygen atoms in total. The van der Waals surface area contributed by atoms with Crippen molar-refractivity contribution in [1.29, 1.82) is 0 Å². The van der Waals surface area contributed by atoms with Crippen molar-refractivity contribution in [2.45, 2.75) is 13.3 Å². The Morgan fingerprint density at radius 3 is 2.95 bits per heavy atom. The van der Waals surface area contributed by atoms with Crippen LogP contribution in [0.5, 0.6) is 0 Å².